The van der Waals surface area contributed by atoms with Crippen molar-refractivity contribution in [3.63, 3.8) is 0 Å². The molecule has 0 atom stereocenters. The third-order valence-electron chi connectivity index (χ3n) is 2.73. The van der Waals surface area contributed by atoms with E-state index >= 15 is 0 Å². The molecule has 1 aromatic heterocycles. The highest BCUT2D eigenvalue weighted by atomic mass is 32.2. The molecule has 2 N–H and O–H groups in total. The van der Waals surface area contributed by atoms with Crippen LogP contribution in [0.15, 0.2) is 35.7 Å². The van der Waals surface area contributed by atoms with Crippen molar-refractivity contribution in [1.29, 1.82) is 0 Å². The standard InChI is InChI=1S/C12H15N3O3S/c1-3-15-7-11(13-8-15)19(17,18)14-10-6-4-5-9(2)12(10)16/h4-8,14,16H,3H2,1-2H3. The molecule has 0 fully saturated rings. The lowest BCUT2D eigenvalue weighted by Crippen LogP contribution is -2.13. The van der Waals surface area contributed by atoms with Gasteiger partial charge < -0.3 is 9.67 Å². The molecule has 0 aliphatic rings. The first kappa shape index (κ1) is 13.4. The smallest absolute Gasteiger partial charge is 0.281 e. The van der Waals surface area contributed by atoms with E-state index in [0.29, 0.717) is 12.1 Å². The summed E-state index contributed by atoms with van der Waals surface area (Å²) in [6.45, 7) is 4.22. The molecule has 19 heavy (non-hydrogen) atoms. The molecule has 0 saturated carbocycles. The lowest BCUT2D eigenvalue weighted by molar-refractivity contribution is 0.473. The first-order valence-corrected chi connectivity index (χ1v) is 7.25. The SMILES string of the molecule is CCn1cnc(S(=O)(=O)Nc2cccc(C)c2O)c1. The number of aromatic hydroxyl groups is 1. The number of hydrogen-bond acceptors (Lipinski definition) is 4. The fourth-order valence-electron chi connectivity index (χ4n) is 1.59. The van der Waals surface area contributed by atoms with Crippen LogP contribution in [-0.4, -0.2) is 23.1 Å². The summed E-state index contributed by atoms with van der Waals surface area (Å²) in [5, 5.41) is 9.73. The van der Waals surface area contributed by atoms with Gasteiger partial charge in [-0.05, 0) is 25.5 Å². The third kappa shape index (κ3) is 2.70. The molecule has 6 nitrogen and oxygen atoms in total. The van der Waals surface area contributed by atoms with Crippen molar-refractivity contribution in [2.45, 2.75) is 25.4 Å². The molecule has 0 radical (unpaired) electrons. The van der Waals surface area contributed by atoms with Gasteiger partial charge in [0.15, 0.2) is 5.03 Å². The topological polar surface area (TPSA) is 84.2 Å². The molecule has 2 rings (SSSR count). The van der Waals surface area contributed by atoms with Crippen molar-refractivity contribution < 1.29 is 13.5 Å². The number of nitrogens with zero attached hydrogens (tertiary/aromatic N) is 2. The van der Waals surface area contributed by atoms with Crippen LogP contribution in [0, 0.1) is 6.92 Å². The summed E-state index contributed by atoms with van der Waals surface area (Å²) in [7, 11) is -3.78. The van der Waals surface area contributed by atoms with E-state index in [1.165, 1.54) is 18.6 Å². The van der Waals surface area contributed by atoms with Crippen molar-refractivity contribution >= 4 is 15.7 Å². The minimum absolute atomic E-state index is 0.0738. The van der Waals surface area contributed by atoms with E-state index in [9.17, 15) is 13.5 Å². The number of aromatic nitrogens is 2. The summed E-state index contributed by atoms with van der Waals surface area (Å²) in [5.74, 6) is -0.0824. The van der Waals surface area contributed by atoms with Crippen LogP contribution in [0.25, 0.3) is 0 Å². The zero-order valence-corrected chi connectivity index (χ0v) is 11.5. The maximum absolute atomic E-state index is 12.1. The fourth-order valence-corrected chi connectivity index (χ4v) is 2.61. The molecule has 1 heterocycles. The van der Waals surface area contributed by atoms with Crippen molar-refractivity contribution in [1.82, 2.24) is 9.55 Å². The number of phenolic OH excluding ortho intramolecular Hbond substituents is 1. The Kier molecular flexibility index (Phi) is 3.48. The molecule has 7 heteroatoms. The predicted molar refractivity (Wildman–Crippen MR) is 71.6 cm³/mol. The van der Waals surface area contributed by atoms with Crippen molar-refractivity contribution in [2.24, 2.45) is 0 Å². The van der Waals surface area contributed by atoms with Gasteiger partial charge in [-0.1, -0.05) is 12.1 Å². The second-order valence-electron chi connectivity index (χ2n) is 4.12. The Bertz CT molecular complexity index is 692. The number of phenols is 1. The highest BCUT2D eigenvalue weighted by molar-refractivity contribution is 7.92. The Hall–Kier alpha value is -2.02. The Labute approximate surface area is 111 Å². The molecule has 0 bridgehead atoms. The number of para-hydroxylation sites is 1. The lowest BCUT2D eigenvalue weighted by atomic mass is 10.2. The van der Waals surface area contributed by atoms with Gasteiger partial charge in [0.2, 0.25) is 0 Å². The minimum atomic E-state index is -3.78. The molecule has 102 valence electrons. The molecule has 0 saturated heterocycles. The van der Waals surface area contributed by atoms with Crippen LogP contribution in [0.4, 0.5) is 5.69 Å². The third-order valence-corrected chi connectivity index (χ3v) is 3.98. The summed E-state index contributed by atoms with van der Waals surface area (Å²) in [6.07, 6.45) is 2.89. The number of anilines is 1. The summed E-state index contributed by atoms with van der Waals surface area (Å²) < 4.78 is 28.2. The Balaban J connectivity index is 2.33. The number of sulfonamides is 1. The number of nitrogens with one attached hydrogen (secondary N) is 1. The monoisotopic (exact) mass is 281 g/mol. The molecule has 0 aliphatic carbocycles. The molecule has 0 aliphatic heterocycles. The van der Waals surface area contributed by atoms with Crippen LogP contribution in [0.2, 0.25) is 0 Å². The summed E-state index contributed by atoms with van der Waals surface area (Å²) >= 11 is 0. The fraction of sp³-hybridized carbons (Fsp3) is 0.250. The number of imidazole rings is 1. The van der Waals surface area contributed by atoms with Gasteiger partial charge in [0.1, 0.15) is 5.75 Å². The molecule has 0 unspecified atom stereocenters. The van der Waals surface area contributed by atoms with Gasteiger partial charge in [-0.2, -0.15) is 8.42 Å². The number of aryl methyl sites for hydroxylation is 2. The zero-order chi connectivity index (χ0) is 14.0. The molecule has 2 aromatic rings. The molecule has 0 amide bonds. The summed E-state index contributed by atoms with van der Waals surface area (Å²) in [4.78, 5) is 3.84. The first-order valence-electron chi connectivity index (χ1n) is 5.77. The van der Waals surface area contributed by atoms with Crippen LogP contribution in [0.3, 0.4) is 0 Å². The number of benzene rings is 1. The van der Waals surface area contributed by atoms with Gasteiger partial charge in [0.25, 0.3) is 10.0 Å². The Morgan fingerprint density at radius 3 is 2.79 bits per heavy atom. The van der Waals surface area contributed by atoms with E-state index in [0.717, 1.165) is 0 Å². The molecule has 0 spiro atoms. The van der Waals surface area contributed by atoms with Gasteiger partial charge in [-0.3, -0.25) is 4.72 Å². The maximum atomic E-state index is 12.1. The van der Waals surface area contributed by atoms with Crippen molar-refractivity contribution in [3.05, 3.63) is 36.3 Å². The predicted octanol–water partition coefficient (Wildman–Crippen LogP) is 1.72. The molecular weight excluding hydrogens is 266 g/mol. The van der Waals surface area contributed by atoms with E-state index in [-0.39, 0.29) is 16.5 Å². The Morgan fingerprint density at radius 1 is 1.42 bits per heavy atom. The normalized spacial score (nSPS) is 11.5. The molecule has 1 aromatic carbocycles. The van der Waals surface area contributed by atoms with E-state index in [2.05, 4.69) is 9.71 Å². The molecular formula is C12H15N3O3S. The summed E-state index contributed by atoms with van der Waals surface area (Å²) in [5.41, 5.74) is 0.741. The van der Waals surface area contributed by atoms with Crippen LogP contribution < -0.4 is 4.72 Å². The quantitative estimate of drug-likeness (QED) is 0.836. The van der Waals surface area contributed by atoms with Crippen LogP contribution in [0.1, 0.15) is 12.5 Å². The number of hydrogen-bond donors (Lipinski definition) is 2. The Morgan fingerprint density at radius 2 is 2.16 bits per heavy atom. The average Bonchev–Trinajstić information content (AvgIpc) is 2.84. The van der Waals surface area contributed by atoms with Gasteiger partial charge in [0.05, 0.1) is 12.0 Å². The highest BCUT2D eigenvalue weighted by Crippen LogP contribution is 2.28. The van der Waals surface area contributed by atoms with Gasteiger partial charge in [-0.15, -0.1) is 0 Å². The van der Waals surface area contributed by atoms with Gasteiger partial charge in [0, 0.05) is 12.7 Å². The van der Waals surface area contributed by atoms with E-state index in [1.54, 1.807) is 23.6 Å². The zero-order valence-electron chi connectivity index (χ0n) is 10.7. The minimum Gasteiger partial charge on any atom is -0.505 e. The van der Waals surface area contributed by atoms with Crippen LogP contribution >= 0.6 is 0 Å². The van der Waals surface area contributed by atoms with E-state index < -0.39 is 10.0 Å². The van der Waals surface area contributed by atoms with Gasteiger partial charge in [-0.25, -0.2) is 4.98 Å². The lowest BCUT2D eigenvalue weighted by Gasteiger charge is -2.09. The van der Waals surface area contributed by atoms with Crippen LogP contribution in [0.5, 0.6) is 5.75 Å². The number of rotatable bonds is 4. The second-order valence-corrected chi connectivity index (χ2v) is 5.75. The van der Waals surface area contributed by atoms with Crippen LogP contribution in [-0.2, 0) is 16.6 Å². The first-order chi connectivity index (χ1) is 8.94. The van der Waals surface area contributed by atoms with E-state index in [4.69, 9.17) is 0 Å². The second kappa shape index (κ2) is 4.93. The largest absolute Gasteiger partial charge is 0.505 e. The van der Waals surface area contributed by atoms with Crippen molar-refractivity contribution in [3.8, 4) is 5.75 Å². The highest BCUT2D eigenvalue weighted by Gasteiger charge is 2.19. The maximum Gasteiger partial charge on any atom is 0.281 e. The average molecular weight is 281 g/mol. The van der Waals surface area contributed by atoms with Crippen molar-refractivity contribution in [2.75, 3.05) is 4.72 Å². The van der Waals surface area contributed by atoms with E-state index in [1.807, 2.05) is 6.92 Å². The summed E-state index contributed by atoms with van der Waals surface area (Å²) in [6, 6.07) is 4.85. The van der Waals surface area contributed by atoms with Gasteiger partial charge >= 0.3 is 0 Å².